The molecule has 3 heterocycles. The molecule has 0 spiro atoms. The Kier molecular flexibility index (Phi) is 7.21. The fraction of sp³-hybridized carbons (Fsp3) is 0.607. The van der Waals surface area contributed by atoms with Crippen LogP contribution in [0.2, 0.25) is 5.02 Å². The summed E-state index contributed by atoms with van der Waals surface area (Å²) < 4.78 is 11.6. The molecule has 6 rings (SSSR count). The smallest absolute Gasteiger partial charge is 0.271 e. The SMILES string of the molecule is N#CC(CC1CCNCOC1)NC(=O)C1C2CCCC2CN1C(=O)c1cc2c(OC3CC3)cc(Cl)cc2[nH]1. The maximum Gasteiger partial charge on any atom is 0.271 e. The van der Waals surface area contributed by atoms with Crippen molar-refractivity contribution in [1.29, 1.82) is 5.26 Å². The van der Waals surface area contributed by atoms with Gasteiger partial charge in [-0.1, -0.05) is 18.0 Å². The van der Waals surface area contributed by atoms with Gasteiger partial charge in [-0.2, -0.15) is 5.26 Å². The van der Waals surface area contributed by atoms with Crippen molar-refractivity contribution in [3.63, 3.8) is 0 Å². The van der Waals surface area contributed by atoms with Gasteiger partial charge in [-0.05, 0) is 81.0 Å². The molecule has 1 aromatic carbocycles. The molecule has 2 aliphatic carbocycles. The Morgan fingerprint density at radius 2 is 2.11 bits per heavy atom. The standard InChI is InChI=1S/C28H34ClN5O4/c29-18-9-23-22(25(10-18)38-20-4-5-20)11-24(33-23)28(36)34-13-17-2-1-3-21(17)26(34)27(35)32-19(12-30)8-16-6-7-31-15-37-14-16/h9-11,16-17,19-21,26,31,33H,1-8,13-15H2,(H,32,35). The van der Waals surface area contributed by atoms with Crippen LogP contribution >= 0.6 is 11.6 Å². The van der Waals surface area contributed by atoms with Crippen LogP contribution in [0.5, 0.6) is 5.75 Å². The largest absolute Gasteiger partial charge is 0.490 e. The van der Waals surface area contributed by atoms with E-state index in [2.05, 4.69) is 21.7 Å². The number of halogens is 1. The molecule has 10 heteroatoms. The number of nitriles is 1. The maximum atomic E-state index is 13.9. The highest BCUT2D eigenvalue weighted by atomic mass is 35.5. The summed E-state index contributed by atoms with van der Waals surface area (Å²) in [6, 6.07) is 6.45. The molecule has 202 valence electrons. The number of ether oxygens (including phenoxy) is 2. The first-order valence-corrected chi connectivity index (χ1v) is 14.2. The van der Waals surface area contributed by atoms with Gasteiger partial charge in [0.25, 0.3) is 5.91 Å². The Balaban J connectivity index is 1.22. The number of aromatic nitrogens is 1. The van der Waals surface area contributed by atoms with Crippen molar-refractivity contribution in [2.24, 2.45) is 17.8 Å². The molecule has 2 amide bonds. The molecule has 0 bridgehead atoms. The minimum absolute atomic E-state index is 0.108. The summed E-state index contributed by atoms with van der Waals surface area (Å²) in [6.07, 6.45) is 6.64. The number of rotatable bonds is 7. The lowest BCUT2D eigenvalue weighted by Crippen LogP contribution is -2.51. The molecule has 2 aliphatic heterocycles. The first-order chi connectivity index (χ1) is 18.5. The van der Waals surface area contributed by atoms with E-state index in [4.69, 9.17) is 21.1 Å². The molecule has 1 aromatic heterocycles. The average Bonchev–Trinajstić information content (AvgIpc) is 3.35. The van der Waals surface area contributed by atoms with Gasteiger partial charge < -0.3 is 24.7 Å². The molecule has 5 atom stereocenters. The van der Waals surface area contributed by atoms with Crippen LogP contribution in [0.4, 0.5) is 0 Å². The summed E-state index contributed by atoms with van der Waals surface area (Å²) in [4.78, 5) is 32.5. The number of carbonyl (C=O) groups excluding carboxylic acids is 2. The molecule has 38 heavy (non-hydrogen) atoms. The molecular weight excluding hydrogens is 506 g/mol. The molecular formula is C28H34ClN5O4. The third kappa shape index (κ3) is 5.22. The Bertz CT molecular complexity index is 1250. The fourth-order valence-electron chi connectivity index (χ4n) is 6.43. The van der Waals surface area contributed by atoms with Gasteiger partial charge in [-0.25, -0.2) is 0 Å². The van der Waals surface area contributed by atoms with Gasteiger partial charge in [-0.3, -0.25) is 14.9 Å². The lowest BCUT2D eigenvalue weighted by molar-refractivity contribution is -0.126. The third-order valence-electron chi connectivity index (χ3n) is 8.46. The predicted octanol–water partition coefficient (Wildman–Crippen LogP) is 3.59. The van der Waals surface area contributed by atoms with Crippen molar-refractivity contribution in [3.05, 3.63) is 28.9 Å². The van der Waals surface area contributed by atoms with Crippen molar-refractivity contribution in [2.45, 2.75) is 63.1 Å². The predicted molar refractivity (Wildman–Crippen MR) is 142 cm³/mol. The number of hydrogen-bond donors (Lipinski definition) is 3. The second kappa shape index (κ2) is 10.8. The van der Waals surface area contributed by atoms with Crippen molar-refractivity contribution < 1.29 is 19.1 Å². The summed E-state index contributed by atoms with van der Waals surface area (Å²) in [7, 11) is 0. The highest BCUT2D eigenvalue weighted by Gasteiger charge is 2.50. The topological polar surface area (TPSA) is 119 Å². The summed E-state index contributed by atoms with van der Waals surface area (Å²) in [5, 5.41) is 17.3. The zero-order chi connectivity index (χ0) is 26.2. The number of aromatic amines is 1. The molecule has 0 radical (unpaired) electrons. The number of likely N-dealkylation sites (tertiary alicyclic amines) is 1. The summed E-state index contributed by atoms with van der Waals surface area (Å²) >= 11 is 6.33. The summed E-state index contributed by atoms with van der Waals surface area (Å²) in [5.41, 5.74) is 1.15. The van der Waals surface area contributed by atoms with Gasteiger partial charge in [0, 0.05) is 17.0 Å². The van der Waals surface area contributed by atoms with Crippen LogP contribution in [0, 0.1) is 29.1 Å². The van der Waals surface area contributed by atoms with E-state index < -0.39 is 12.1 Å². The maximum absolute atomic E-state index is 13.9. The van der Waals surface area contributed by atoms with Gasteiger partial charge in [-0.15, -0.1) is 0 Å². The zero-order valence-corrected chi connectivity index (χ0v) is 22.1. The average molecular weight is 540 g/mol. The third-order valence-corrected chi connectivity index (χ3v) is 8.68. The minimum Gasteiger partial charge on any atom is -0.490 e. The van der Waals surface area contributed by atoms with Crippen LogP contribution in [0.15, 0.2) is 18.2 Å². The highest BCUT2D eigenvalue weighted by molar-refractivity contribution is 6.31. The van der Waals surface area contributed by atoms with Crippen LogP contribution < -0.4 is 15.4 Å². The van der Waals surface area contributed by atoms with Crippen molar-refractivity contribution in [3.8, 4) is 11.8 Å². The molecule has 4 aliphatic rings. The second-order valence-electron chi connectivity index (χ2n) is 11.2. The molecule has 9 nitrogen and oxygen atoms in total. The van der Waals surface area contributed by atoms with E-state index >= 15 is 0 Å². The Hall–Kier alpha value is -2.80. The van der Waals surface area contributed by atoms with Crippen LogP contribution in [-0.4, -0.2) is 66.3 Å². The number of benzene rings is 1. The number of H-pyrrole nitrogens is 1. The van der Waals surface area contributed by atoms with Crippen molar-refractivity contribution >= 4 is 34.3 Å². The minimum atomic E-state index is -0.621. The Morgan fingerprint density at radius 3 is 2.92 bits per heavy atom. The fourth-order valence-corrected chi connectivity index (χ4v) is 6.64. The van der Waals surface area contributed by atoms with Gasteiger partial charge in [0.15, 0.2) is 0 Å². The molecule has 5 unspecified atom stereocenters. The van der Waals surface area contributed by atoms with E-state index in [1.165, 1.54) is 0 Å². The second-order valence-corrected chi connectivity index (χ2v) is 11.7. The Labute approximate surface area is 227 Å². The number of carbonyl (C=O) groups is 2. The highest BCUT2D eigenvalue weighted by Crippen LogP contribution is 2.43. The number of nitrogens with zero attached hydrogens (tertiary/aromatic N) is 2. The number of nitrogens with one attached hydrogen (secondary N) is 3. The van der Waals surface area contributed by atoms with E-state index in [0.29, 0.717) is 48.7 Å². The molecule has 2 saturated carbocycles. The van der Waals surface area contributed by atoms with E-state index in [-0.39, 0.29) is 29.8 Å². The lowest BCUT2D eigenvalue weighted by Gasteiger charge is -2.28. The zero-order valence-electron chi connectivity index (χ0n) is 21.4. The van der Waals surface area contributed by atoms with Crippen LogP contribution in [-0.2, 0) is 9.53 Å². The quantitative estimate of drug-likeness (QED) is 0.495. The molecule has 2 saturated heterocycles. The van der Waals surface area contributed by atoms with Gasteiger partial charge in [0.05, 0.1) is 31.0 Å². The first-order valence-electron chi connectivity index (χ1n) is 13.8. The van der Waals surface area contributed by atoms with Crippen LogP contribution in [0.3, 0.4) is 0 Å². The normalized spacial score (nSPS) is 27.9. The van der Waals surface area contributed by atoms with E-state index in [1.54, 1.807) is 17.0 Å². The summed E-state index contributed by atoms with van der Waals surface area (Å²) in [5.74, 6) is 0.832. The number of hydrogen-bond acceptors (Lipinski definition) is 6. The molecule has 4 fully saturated rings. The van der Waals surface area contributed by atoms with Gasteiger partial charge >= 0.3 is 0 Å². The van der Waals surface area contributed by atoms with E-state index in [0.717, 1.165) is 56.0 Å². The monoisotopic (exact) mass is 539 g/mol. The van der Waals surface area contributed by atoms with Crippen LogP contribution in [0.25, 0.3) is 10.9 Å². The lowest BCUT2D eigenvalue weighted by atomic mass is 9.92. The van der Waals surface area contributed by atoms with Crippen LogP contribution in [0.1, 0.15) is 55.4 Å². The Morgan fingerprint density at radius 1 is 1.24 bits per heavy atom. The van der Waals surface area contributed by atoms with Crippen molar-refractivity contribution in [2.75, 3.05) is 26.4 Å². The molecule has 2 aromatic rings. The first kappa shape index (κ1) is 25.5. The number of fused-ring (bicyclic) bond motifs is 2. The summed E-state index contributed by atoms with van der Waals surface area (Å²) in [6.45, 7) is 2.45. The molecule has 3 N–H and O–H groups in total. The van der Waals surface area contributed by atoms with E-state index in [9.17, 15) is 14.9 Å². The van der Waals surface area contributed by atoms with E-state index in [1.807, 2.05) is 6.07 Å². The number of amides is 2. The van der Waals surface area contributed by atoms with Gasteiger partial charge in [0.2, 0.25) is 5.91 Å². The van der Waals surface area contributed by atoms with Gasteiger partial charge in [0.1, 0.15) is 23.5 Å². The van der Waals surface area contributed by atoms with Crippen molar-refractivity contribution in [1.82, 2.24) is 20.5 Å².